The molecule has 2 N–H and O–H groups in total. The van der Waals surface area contributed by atoms with E-state index in [0.29, 0.717) is 12.5 Å². The standard InChI is InChI=1S/C13H15F6N.ClH/c1-3-7(2)11(20)9-5-4-8(12(14,15)16)6-10(9)13(17,18)19;/h4-7,11H,3,20H2,1-2H3;1H/t7?,11-;/m0./s1. The van der Waals surface area contributed by atoms with Gasteiger partial charge in [-0.05, 0) is 23.6 Å². The van der Waals surface area contributed by atoms with E-state index in [1.54, 1.807) is 13.8 Å². The molecule has 1 aromatic carbocycles. The van der Waals surface area contributed by atoms with Crippen LogP contribution in [0.3, 0.4) is 0 Å². The lowest BCUT2D eigenvalue weighted by Crippen LogP contribution is -2.23. The van der Waals surface area contributed by atoms with Gasteiger partial charge in [0.15, 0.2) is 0 Å². The molecular weight excluding hydrogens is 320 g/mol. The van der Waals surface area contributed by atoms with E-state index in [1.807, 2.05) is 0 Å². The fourth-order valence-electron chi connectivity index (χ4n) is 1.83. The molecule has 2 atom stereocenters. The number of hydrogen-bond acceptors (Lipinski definition) is 1. The van der Waals surface area contributed by atoms with E-state index in [4.69, 9.17) is 5.73 Å². The third kappa shape index (κ3) is 4.78. The molecule has 0 amide bonds. The Labute approximate surface area is 124 Å². The summed E-state index contributed by atoms with van der Waals surface area (Å²) in [5.74, 6) is -0.271. The first-order valence-corrected chi connectivity index (χ1v) is 6.02. The molecule has 21 heavy (non-hydrogen) atoms. The summed E-state index contributed by atoms with van der Waals surface area (Å²) in [5, 5.41) is 0. The topological polar surface area (TPSA) is 26.0 Å². The maximum atomic E-state index is 12.9. The first kappa shape index (κ1) is 20.1. The van der Waals surface area contributed by atoms with Gasteiger partial charge in [-0.3, -0.25) is 0 Å². The first-order chi connectivity index (χ1) is 8.98. The fraction of sp³-hybridized carbons (Fsp3) is 0.538. The fourth-order valence-corrected chi connectivity index (χ4v) is 1.83. The van der Waals surface area contributed by atoms with Crippen LogP contribution in [0.1, 0.15) is 43.0 Å². The van der Waals surface area contributed by atoms with Crippen molar-refractivity contribution >= 4 is 12.4 Å². The summed E-state index contributed by atoms with van der Waals surface area (Å²) in [5.41, 5.74) is 2.77. The Morgan fingerprint density at radius 1 is 1.05 bits per heavy atom. The van der Waals surface area contributed by atoms with Gasteiger partial charge < -0.3 is 5.73 Å². The van der Waals surface area contributed by atoms with Crippen LogP contribution >= 0.6 is 12.4 Å². The molecule has 0 spiro atoms. The van der Waals surface area contributed by atoms with Crippen LogP contribution in [0.2, 0.25) is 0 Å². The Kier molecular flexibility index (Phi) is 6.56. The number of hydrogen-bond donors (Lipinski definition) is 1. The maximum absolute atomic E-state index is 12.9. The minimum atomic E-state index is -4.87. The quantitative estimate of drug-likeness (QED) is 0.756. The van der Waals surface area contributed by atoms with Crippen LogP contribution in [0.25, 0.3) is 0 Å². The van der Waals surface area contributed by atoms with Crippen molar-refractivity contribution in [2.75, 3.05) is 0 Å². The van der Waals surface area contributed by atoms with E-state index in [0.717, 1.165) is 6.07 Å². The number of nitrogens with two attached hydrogens (primary N) is 1. The molecule has 1 rings (SSSR count). The third-order valence-corrected chi connectivity index (χ3v) is 3.30. The van der Waals surface area contributed by atoms with Gasteiger partial charge in [0.2, 0.25) is 0 Å². The average molecular weight is 336 g/mol. The number of rotatable bonds is 3. The van der Waals surface area contributed by atoms with Crippen molar-refractivity contribution in [3.63, 3.8) is 0 Å². The van der Waals surface area contributed by atoms with Gasteiger partial charge in [-0.1, -0.05) is 26.3 Å². The van der Waals surface area contributed by atoms with Gasteiger partial charge in [-0.2, -0.15) is 26.3 Å². The molecule has 0 heterocycles. The SMILES string of the molecule is CCC(C)[C@H](N)c1ccc(C(F)(F)F)cc1C(F)(F)F.Cl. The van der Waals surface area contributed by atoms with Gasteiger partial charge >= 0.3 is 12.4 Å². The normalized spacial score (nSPS) is 15.3. The highest BCUT2D eigenvalue weighted by Gasteiger charge is 2.39. The maximum Gasteiger partial charge on any atom is 0.416 e. The molecule has 0 aliphatic rings. The molecule has 1 aromatic rings. The third-order valence-electron chi connectivity index (χ3n) is 3.30. The van der Waals surface area contributed by atoms with Crippen molar-refractivity contribution in [3.05, 3.63) is 34.9 Å². The van der Waals surface area contributed by atoms with Crippen molar-refractivity contribution < 1.29 is 26.3 Å². The van der Waals surface area contributed by atoms with Crippen molar-refractivity contribution in [2.24, 2.45) is 11.7 Å². The highest BCUT2D eigenvalue weighted by Crippen LogP contribution is 2.40. The molecule has 0 aliphatic carbocycles. The van der Waals surface area contributed by atoms with Crippen LogP contribution in [0, 0.1) is 5.92 Å². The van der Waals surface area contributed by atoms with Crippen LogP contribution in [-0.4, -0.2) is 0 Å². The Morgan fingerprint density at radius 2 is 1.57 bits per heavy atom. The van der Waals surface area contributed by atoms with E-state index >= 15 is 0 Å². The summed E-state index contributed by atoms with van der Waals surface area (Å²) in [6.45, 7) is 3.41. The van der Waals surface area contributed by atoms with Gasteiger partial charge in [0.1, 0.15) is 0 Å². The lowest BCUT2D eigenvalue weighted by Gasteiger charge is -2.23. The Hall–Kier alpha value is -0.950. The minimum absolute atomic E-state index is 0. The van der Waals surface area contributed by atoms with Crippen LogP contribution in [0.4, 0.5) is 26.3 Å². The molecule has 0 aliphatic heterocycles. The summed E-state index contributed by atoms with van der Waals surface area (Å²) < 4.78 is 76.3. The van der Waals surface area contributed by atoms with E-state index < -0.39 is 29.5 Å². The van der Waals surface area contributed by atoms with Crippen molar-refractivity contribution in [1.29, 1.82) is 0 Å². The molecule has 0 fully saturated rings. The van der Waals surface area contributed by atoms with E-state index in [2.05, 4.69) is 0 Å². The molecule has 122 valence electrons. The molecule has 1 nitrogen and oxygen atoms in total. The lowest BCUT2D eigenvalue weighted by molar-refractivity contribution is -0.143. The average Bonchev–Trinajstić information content (AvgIpc) is 2.34. The zero-order chi connectivity index (χ0) is 15.7. The molecule has 0 saturated carbocycles. The largest absolute Gasteiger partial charge is 0.416 e. The van der Waals surface area contributed by atoms with E-state index in [9.17, 15) is 26.3 Å². The molecule has 0 radical (unpaired) electrons. The van der Waals surface area contributed by atoms with Gasteiger partial charge in [-0.15, -0.1) is 12.4 Å². The highest BCUT2D eigenvalue weighted by atomic mass is 35.5. The second-order valence-corrected chi connectivity index (χ2v) is 4.71. The molecule has 0 saturated heterocycles. The van der Waals surface area contributed by atoms with Crippen molar-refractivity contribution in [2.45, 2.75) is 38.7 Å². The molecule has 0 bridgehead atoms. The van der Waals surface area contributed by atoms with Crippen LogP contribution in [0.15, 0.2) is 18.2 Å². The second kappa shape index (κ2) is 6.87. The lowest BCUT2D eigenvalue weighted by atomic mass is 9.89. The van der Waals surface area contributed by atoms with Crippen molar-refractivity contribution in [3.8, 4) is 0 Å². The predicted molar refractivity (Wildman–Crippen MR) is 70.1 cm³/mol. The minimum Gasteiger partial charge on any atom is -0.324 e. The van der Waals surface area contributed by atoms with Crippen LogP contribution in [-0.2, 0) is 12.4 Å². The summed E-state index contributed by atoms with van der Waals surface area (Å²) in [6, 6.07) is 0.617. The molecule has 1 unspecified atom stereocenters. The monoisotopic (exact) mass is 335 g/mol. The summed E-state index contributed by atoms with van der Waals surface area (Å²) in [7, 11) is 0. The zero-order valence-corrected chi connectivity index (χ0v) is 12.2. The summed E-state index contributed by atoms with van der Waals surface area (Å²) in [4.78, 5) is 0. The molecular formula is C13H16ClF6N. The van der Waals surface area contributed by atoms with Gasteiger partial charge in [0.05, 0.1) is 11.1 Å². The predicted octanol–water partition coefficient (Wildman–Crippen LogP) is 5.19. The van der Waals surface area contributed by atoms with E-state index in [1.165, 1.54) is 0 Å². The van der Waals surface area contributed by atoms with Gasteiger partial charge in [-0.25, -0.2) is 0 Å². The van der Waals surface area contributed by atoms with Gasteiger partial charge in [0, 0.05) is 6.04 Å². The van der Waals surface area contributed by atoms with E-state index in [-0.39, 0.29) is 30.0 Å². The Morgan fingerprint density at radius 3 is 1.95 bits per heavy atom. The second-order valence-electron chi connectivity index (χ2n) is 4.71. The smallest absolute Gasteiger partial charge is 0.324 e. The number of alkyl halides is 6. The summed E-state index contributed by atoms with van der Waals surface area (Å²) >= 11 is 0. The van der Waals surface area contributed by atoms with Crippen LogP contribution < -0.4 is 5.73 Å². The van der Waals surface area contributed by atoms with Crippen molar-refractivity contribution in [1.82, 2.24) is 0 Å². The Bertz CT molecular complexity index is 469. The van der Waals surface area contributed by atoms with Gasteiger partial charge in [0.25, 0.3) is 0 Å². The zero-order valence-electron chi connectivity index (χ0n) is 11.3. The number of benzene rings is 1. The Balaban J connectivity index is 0.00000400. The first-order valence-electron chi connectivity index (χ1n) is 6.02. The molecule has 0 aromatic heterocycles. The molecule has 8 heteroatoms. The van der Waals surface area contributed by atoms with Crippen LogP contribution in [0.5, 0.6) is 0 Å². The summed E-state index contributed by atoms with van der Waals surface area (Å²) in [6.07, 6.45) is -9.17. The highest BCUT2D eigenvalue weighted by molar-refractivity contribution is 5.85. The number of halogens is 7.